The molecule has 0 fully saturated rings. The standard InChI is InChI=1S/C11H10O2/c1-8-6-7-13-11(8)9-4-2-3-5-10(9)12/h2-7,12H,1H3. The number of aryl methyl sites for hydroxylation is 1. The molecule has 2 nitrogen and oxygen atoms in total. The largest absolute Gasteiger partial charge is 0.507 e. The van der Waals surface area contributed by atoms with Crippen LogP contribution in [0.4, 0.5) is 0 Å². The zero-order valence-electron chi connectivity index (χ0n) is 7.32. The minimum atomic E-state index is 0.251. The van der Waals surface area contributed by atoms with E-state index in [-0.39, 0.29) is 5.75 Å². The topological polar surface area (TPSA) is 33.4 Å². The van der Waals surface area contributed by atoms with Crippen LogP contribution < -0.4 is 0 Å². The Morgan fingerprint density at radius 3 is 2.54 bits per heavy atom. The van der Waals surface area contributed by atoms with Gasteiger partial charge in [0.2, 0.25) is 0 Å². The predicted octanol–water partition coefficient (Wildman–Crippen LogP) is 2.96. The first-order valence-corrected chi connectivity index (χ1v) is 4.11. The highest BCUT2D eigenvalue weighted by atomic mass is 16.3. The van der Waals surface area contributed by atoms with Crippen LogP contribution in [0.5, 0.6) is 5.75 Å². The summed E-state index contributed by atoms with van der Waals surface area (Å²) < 4.78 is 5.27. The molecule has 2 aromatic rings. The molecule has 2 heteroatoms. The van der Waals surface area contributed by atoms with Gasteiger partial charge in [-0.15, -0.1) is 0 Å². The van der Waals surface area contributed by atoms with Gasteiger partial charge in [-0.25, -0.2) is 0 Å². The van der Waals surface area contributed by atoms with Crippen LogP contribution >= 0.6 is 0 Å². The van der Waals surface area contributed by atoms with Gasteiger partial charge in [0, 0.05) is 0 Å². The van der Waals surface area contributed by atoms with Crippen molar-refractivity contribution in [3.05, 3.63) is 42.2 Å². The van der Waals surface area contributed by atoms with Crippen LogP contribution in [-0.4, -0.2) is 5.11 Å². The lowest BCUT2D eigenvalue weighted by atomic mass is 10.1. The van der Waals surface area contributed by atoms with E-state index >= 15 is 0 Å². The maximum Gasteiger partial charge on any atom is 0.140 e. The van der Waals surface area contributed by atoms with Crippen LogP contribution in [0.25, 0.3) is 11.3 Å². The highest BCUT2D eigenvalue weighted by Gasteiger charge is 2.08. The monoisotopic (exact) mass is 174 g/mol. The SMILES string of the molecule is Cc1ccoc1-c1ccccc1O. The molecule has 0 amide bonds. The van der Waals surface area contributed by atoms with Crippen molar-refractivity contribution in [2.45, 2.75) is 6.92 Å². The summed E-state index contributed by atoms with van der Waals surface area (Å²) in [6, 6.07) is 9.02. The lowest BCUT2D eigenvalue weighted by Crippen LogP contribution is -1.77. The molecule has 0 radical (unpaired) electrons. The molecule has 0 saturated carbocycles. The average Bonchev–Trinajstić information content (AvgIpc) is 2.52. The summed E-state index contributed by atoms with van der Waals surface area (Å²) in [5.41, 5.74) is 1.77. The molecular formula is C11H10O2. The normalized spacial score (nSPS) is 10.2. The fraction of sp³-hybridized carbons (Fsp3) is 0.0909. The Labute approximate surface area is 76.4 Å². The van der Waals surface area contributed by atoms with Gasteiger partial charge >= 0.3 is 0 Å². The Hall–Kier alpha value is -1.70. The van der Waals surface area contributed by atoms with Gasteiger partial charge < -0.3 is 9.52 Å². The number of phenols is 1. The number of aromatic hydroxyl groups is 1. The number of hydrogen-bond acceptors (Lipinski definition) is 2. The summed E-state index contributed by atoms with van der Waals surface area (Å²) >= 11 is 0. The van der Waals surface area contributed by atoms with E-state index < -0.39 is 0 Å². The lowest BCUT2D eigenvalue weighted by molar-refractivity contribution is 0.473. The molecule has 1 N–H and O–H groups in total. The fourth-order valence-corrected chi connectivity index (χ4v) is 1.31. The number of furan rings is 1. The minimum Gasteiger partial charge on any atom is -0.507 e. The third kappa shape index (κ3) is 1.31. The average molecular weight is 174 g/mol. The van der Waals surface area contributed by atoms with E-state index in [1.807, 2.05) is 25.1 Å². The second-order valence-corrected chi connectivity index (χ2v) is 2.95. The van der Waals surface area contributed by atoms with Crippen molar-refractivity contribution in [3.8, 4) is 17.1 Å². The molecule has 0 saturated heterocycles. The first-order chi connectivity index (χ1) is 6.29. The summed E-state index contributed by atoms with van der Waals surface area (Å²) in [4.78, 5) is 0. The Morgan fingerprint density at radius 1 is 1.15 bits per heavy atom. The maximum atomic E-state index is 9.55. The molecule has 0 aliphatic rings. The van der Waals surface area contributed by atoms with E-state index in [0.29, 0.717) is 0 Å². The van der Waals surface area contributed by atoms with Crippen molar-refractivity contribution in [1.82, 2.24) is 0 Å². The third-order valence-electron chi connectivity index (χ3n) is 2.01. The Bertz CT molecular complexity index is 416. The Balaban J connectivity index is 2.59. The molecular weight excluding hydrogens is 164 g/mol. The van der Waals surface area contributed by atoms with Crippen LogP contribution in [0.15, 0.2) is 41.0 Å². The zero-order chi connectivity index (χ0) is 9.26. The molecule has 0 unspecified atom stereocenters. The van der Waals surface area contributed by atoms with Crippen molar-refractivity contribution in [2.75, 3.05) is 0 Å². The van der Waals surface area contributed by atoms with Gasteiger partial charge in [0.1, 0.15) is 11.5 Å². The maximum absolute atomic E-state index is 9.55. The van der Waals surface area contributed by atoms with Gasteiger partial charge in [-0.3, -0.25) is 0 Å². The first kappa shape index (κ1) is 7.92. The second kappa shape index (κ2) is 2.98. The van der Waals surface area contributed by atoms with Gasteiger partial charge in [-0.2, -0.15) is 0 Å². The van der Waals surface area contributed by atoms with Crippen molar-refractivity contribution in [1.29, 1.82) is 0 Å². The highest BCUT2D eigenvalue weighted by Crippen LogP contribution is 2.31. The van der Waals surface area contributed by atoms with E-state index in [2.05, 4.69) is 0 Å². The molecule has 0 bridgehead atoms. The molecule has 1 heterocycles. The quantitative estimate of drug-likeness (QED) is 0.721. The van der Waals surface area contributed by atoms with E-state index in [9.17, 15) is 5.11 Å². The first-order valence-electron chi connectivity index (χ1n) is 4.11. The highest BCUT2D eigenvalue weighted by molar-refractivity contribution is 5.67. The van der Waals surface area contributed by atoms with Crippen LogP contribution in [-0.2, 0) is 0 Å². The third-order valence-corrected chi connectivity index (χ3v) is 2.01. The number of phenolic OH excluding ortho intramolecular Hbond substituents is 1. The van der Waals surface area contributed by atoms with Crippen molar-refractivity contribution in [2.24, 2.45) is 0 Å². The fourth-order valence-electron chi connectivity index (χ4n) is 1.31. The summed E-state index contributed by atoms with van der Waals surface area (Å²) in [6.45, 7) is 1.95. The van der Waals surface area contributed by atoms with Crippen molar-refractivity contribution < 1.29 is 9.52 Å². The lowest BCUT2D eigenvalue weighted by Gasteiger charge is -2.00. The van der Waals surface area contributed by atoms with Crippen molar-refractivity contribution >= 4 is 0 Å². The van der Waals surface area contributed by atoms with Crippen LogP contribution in [0, 0.1) is 6.92 Å². The predicted molar refractivity (Wildman–Crippen MR) is 50.5 cm³/mol. The Morgan fingerprint density at radius 2 is 1.92 bits per heavy atom. The van der Waals surface area contributed by atoms with Crippen molar-refractivity contribution in [3.63, 3.8) is 0 Å². The summed E-state index contributed by atoms with van der Waals surface area (Å²) in [5.74, 6) is 0.985. The zero-order valence-corrected chi connectivity index (χ0v) is 7.32. The molecule has 0 spiro atoms. The molecule has 0 atom stereocenters. The molecule has 0 aliphatic carbocycles. The molecule has 66 valence electrons. The van der Waals surface area contributed by atoms with Crippen LogP contribution in [0.1, 0.15) is 5.56 Å². The van der Waals surface area contributed by atoms with Gasteiger partial charge in [0.15, 0.2) is 0 Å². The van der Waals surface area contributed by atoms with E-state index in [1.54, 1.807) is 18.4 Å². The summed E-state index contributed by atoms with van der Waals surface area (Å²) in [6.07, 6.45) is 1.62. The summed E-state index contributed by atoms with van der Waals surface area (Å²) in [7, 11) is 0. The van der Waals surface area contributed by atoms with Gasteiger partial charge in [0.25, 0.3) is 0 Å². The number of rotatable bonds is 1. The smallest absolute Gasteiger partial charge is 0.140 e. The van der Waals surface area contributed by atoms with Crippen LogP contribution in [0.2, 0.25) is 0 Å². The second-order valence-electron chi connectivity index (χ2n) is 2.95. The molecule has 1 aromatic heterocycles. The molecule has 1 aromatic carbocycles. The Kier molecular flexibility index (Phi) is 1.81. The van der Waals surface area contributed by atoms with Crippen LogP contribution in [0.3, 0.4) is 0 Å². The van der Waals surface area contributed by atoms with E-state index in [0.717, 1.165) is 16.9 Å². The van der Waals surface area contributed by atoms with Gasteiger partial charge in [-0.1, -0.05) is 12.1 Å². The molecule has 13 heavy (non-hydrogen) atoms. The molecule has 0 aliphatic heterocycles. The number of para-hydroxylation sites is 1. The summed E-state index contributed by atoms with van der Waals surface area (Å²) in [5, 5.41) is 9.55. The molecule has 2 rings (SSSR count). The number of benzene rings is 1. The van der Waals surface area contributed by atoms with E-state index in [1.165, 1.54) is 0 Å². The van der Waals surface area contributed by atoms with Gasteiger partial charge in [0.05, 0.1) is 11.8 Å². The van der Waals surface area contributed by atoms with Gasteiger partial charge in [-0.05, 0) is 30.7 Å². The minimum absolute atomic E-state index is 0.251. The van der Waals surface area contributed by atoms with E-state index in [4.69, 9.17) is 4.42 Å². The number of hydrogen-bond donors (Lipinski definition) is 1.